The molecule has 0 amide bonds. The number of aliphatic hydroxyl groups excluding tert-OH is 1. The molecule has 2 rings (SSSR count). The van der Waals surface area contributed by atoms with Gasteiger partial charge in [-0.3, -0.25) is 0 Å². The fourth-order valence-corrected chi connectivity index (χ4v) is 2.48. The Morgan fingerprint density at radius 2 is 2.06 bits per heavy atom. The van der Waals surface area contributed by atoms with Crippen LogP contribution < -0.4 is 10.1 Å². The highest BCUT2D eigenvalue weighted by Gasteiger charge is 2.27. The third-order valence-corrected chi connectivity index (χ3v) is 3.69. The van der Waals surface area contributed by atoms with E-state index in [0.29, 0.717) is 6.04 Å². The first-order valence-corrected chi connectivity index (χ1v) is 6.28. The highest BCUT2D eigenvalue weighted by atomic mass is 16.5. The van der Waals surface area contributed by atoms with Crippen molar-refractivity contribution in [3.8, 4) is 5.75 Å². The molecular weight excluding hydrogens is 214 g/mol. The molecule has 1 saturated heterocycles. The lowest BCUT2D eigenvalue weighted by Gasteiger charge is -2.25. The highest BCUT2D eigenvalue weighted by molar-refractivity contribution is 5.28. The molecule has 3 heteroatoms. The predicted molar refractivity (Wildman–Crippen MR) is 68.1 cm³/mol. The Morgan fingerprint density at radius 3 is 2.59 bits per heavy atom. The van der Waals surface area contributed by atoms with E-state index in [0.717, 1.165) is 24.3 Å². The summed E-state index contributed by atoms with van der Waals surface area (Å²) < 4.78 is 5.12. The SMILES string of the molecule is COc1ccc(C(O)C(C)C2CCCN2)cc1. The summed E-state index contributed by atoms with van der Waals surface area (Å²) in [7, 11) is 1.65. The van der Waals surface area contributed by atoms with Gasteiger partial charge in [0.15, 0.2) is 0 Å². The van der Waals surface area contributed by atoms with E-state index in [-0.39, 0.29) is 5.92 Å². The number of benzene rings is 1. The van der Waals surface area contributed by atoms with Gasteiger partial charge in [-0.2, -0.15) is 0 Å². The Morgan fingerprint density at radius 1 is 1.35 bits per heavy atom. The van der Waals surface area contributed by atoms with Crippen molar-refractivity contribution in [1.82, 2.24) is 5.32 Å². The normalized spacial score (nSPS) is 23.4. The lowest BCUT2D eigenvalue weighted by atomic mass is 9.90. The molecule has 2 N–H and O–H groups in total. The topological polar surface area (TPSA) is 41.5 Å². The van der Waals surface area contributed by atoms with Gasteiger partial charge in [0.25, 0.3) is 0 Å². The maximum Gasteiger partial charge on any atom is 0.118 e. The lowest BCUT2D eigenvalue weighted by Crippen LogP contribution is -2.32. The van der Waals surface area contributed by atoms with Gasteiger partial charge in [-0.25, -0.2) is 0 Å². The number of ether oxygens (including phenoxy) is 1. The van der Waals surface area contributed by atoms with Crippen molar-refractivity contribution in [2.75, 3.05) is 13.7 Å². The molecule has 1 aromatic carbocycles. The Kier molecular flexibility index (Phi) is 4.02. The Bertz CT molecular complexity index is 344. The second-order valence-corrected chi connectivity index (χ2v) is 4.78. The van der Waals surface area contributed by atoms with Crippen molar-refractivity contribution in [3.63, 3.8) is 0 Å². The van der Waals surface area contributed by atoms with Crippen LogP contribution >= 0.6 is 0 Å². The summed E-state index contributed by atoms with van der Waals surface area (Å²) in [6.07, 6.45) is 1.97. The summed E-state index contributed by atoms with van der Waals surface area (Å²) in [4.78, 5) is 0. The number of rotatable bonds is 4. The molecule has 0 radical (unpaired) electrons. The van der Waals surface area contributed by atoms with E-state index in [1.54, 1.807) is 7.11 Å². The number of methoxy groups -OCH3 is 1. The molecule has 1 aromatic rings. The minimum Gasteiger partial charge on any atom is -0.497 e. The van der Waals surface area contributed by atoms with Crippen LogP contribution in [-0.2, 0) is 0 Å². The molecule has 0 aliphatic carbocycles. The largest absolute Gasteiger partial charge is 0.497 e. The number of nitrogens with one attached hydrogen (secondary N) is 1. The first-order chi connectivity index (χ1) is 8.22. The minimum absolute atomic E-state index is 0.242. The van der Waals surface area contributed by atoms with Crippen LogP contribution in [-0.4, -0.2) is 24.8 Å². The molecule has 3 nitrogen and oxygen atoms in total. The van der Waals surface area contributed by atoms with Crippen LogP contribution in [0.4, 0.5) is 0 Å². The molecule has 0 aromatic heterocycles. The van der Waals surface area contributed by atoms with Crippen LogP contribution in [0.1, 0.15) is 31.4 Å². The molecule has 17 heavy (non-hydrogen) atoms. The van der Waals surface area contributed by atoms with Crippen LogP contribution in [0.25, 0.3) is 0 Å². The Labute approximate surface area is 103 Å². The molecule has 3 atom stereocenters. The van der Waals surface area contributed by atoms with Crippen molar-refractivity contribution in [1.29, 1.82) is 0 Å². The molecule has 1 aliphatic heterocycles. The maximum atomic E-state index is 10.3. The fraction of sp³-hybridized carbons (Fsp3) is 0.571. The van der Waals surface area contributed by atoms with Crippen molar-refractivity contribution in [2.45, 2.75) is 31.9 Å². The predicted octanol–water partition coefficient (Wildman–Crippen LogP) is 2.12. The molecule has 0 bridgehead atoms. The van der Waals surface area contributed by atoms with Gasteiger partial charge in [0.05, 0.1) is 13.2 Å². The fourth-order valence-electron chi connectivity index (χ4n) is 2.48. The van der Waals surface area contributed by atoms with Crippen molar-refractivity contribution >= 4 is 0 Å². The second-order valence-electron chi connectivity index (χ2n) is 4.78. The highest BCUT2D eigenvalue weighted by Crippen LogP contribution is 2.29. The minimum atomic E-state index is -0.406. The third-order valence-electron chi connectivity index (χ3n) is 3.69. The third kappa shape index (κ3) is 2.79. The van der Waals surface area contributed by atoms with Crippen LogP contribution in [0.2, 0.25) is 0 Å². The molecular formula is C14H21NO2. The molecule has 1 aliphatic rings. The smallest absolute Gasteiger partial charge is 0.118 e. The second kappa shape index (κ2) is 5.52. The van der Waals surface area contributed by atoms with Gasteiger partial charge in [0.2, 0.25) is 0 Å². The maximum absolute atomic E-state index is 10.3. The zero-order valence-corrected chi connectivity index (χ0v) is 10.5. The van der Waals surface area contributed by atoms with Crippen LogP contribution in [0.15, 0.2) is 24.3 Å². The van der Waals surface area contributed by atoms with Crippen LogP contribution in [0.3, 0.4) is 0 Å². The summed E-state index contributed by atoms with van der Waals surface area (Å²) in [5, 5.41) is 13.8. The summed E-state index contributed by atoms with van der Waals surface area (Å²) in [5.74, 6) is 1.07. The number of hydrogen-bond donors (Lipinski definition) is 2. The first-order valence-electron chi connectivity index (χ1n) is 6.28. The van der Waals surface area contributed by atoms with Gasteiger partial charge in [-0.15, -0.1) is 0 Å². The summed E-state index contributed by atoms with van der Waals surface area (Å²) in [6, 6.07) is 8.11. The van der Waals surface area contributed by atoms with E-state index >= 15 is 0 Å². The van der Waals surface area contributed by atoms with Crippen LogP contribution in [0, 0.1) is 5.92 Å². The van der Waals surface area contributed by atoms with Gasteiger partial charge in [0, 0.05) is 12.0 Å². The molecule has 3 unspecified atom stereocenters. The monoisotopic (exact) mass is 235 g/mol. The van der Waals surface area contributed by atoms with Gasteiger partial charge < -0.3 is 15.2 Å². The van der Waals surface area contributed by atoms with Crippen molar-refractivity contribution in [3.05, 3.63) is 29.8 Å². The molecule has 0 spiro atoms. The average molecular weight is 235 g/mol. The Balaban J connectivity index is 2.04. The van der Waals surface area contributed by atoms with Crippen LogP contribution in [0.5, 0.6) is 5.75 Å². The quantitative estimate of drug-likeness (QED) is 0.840. The summed E-state index contributed by atoms with van der Waals surface area (Å²) in [6.45, 7) is 3.18. The number of hydrogen-bond acceptors (Lipinski definition) is 3. The van der Waals surface area contributed by atoms with Gasteiger partial charge >= 0.3 is 0 Å². The van der Waals surface area contributed by atoms with Gasteiger partial charge in [-0.05, 0) is 37.1 Å². The van der Waals surface area contributed by atoms with Gasteiger partial charge in [-0.1, -0.05) is 19.1 Å². The molecule has 94 valence electrons. The lowest BCUT2D eigenvalue weighted by molar-refractivity contribution is 0.0982. The molecule has 0 saturated carbocycles. The Hall–Kier alpha value is -1.06. The summed E-state index contributed by atoms with van der Waals surface area (Å²) in [5.41, 5.74) is 0.965. The standard InChI is InChI=1S/C14H21NO2/c1-10(13-4-3-9-15-13)14(16)11-5-7-12(17-2)8-6-11/h5-8,10,13-16H,3-4,9H2,1-2H3. The zero-order chi connectivity index (χ0) is 12.3. The van der Waals surface area contributed by atoms with E-state index in [1.165, 1.54) is 6.42 Å². The molecule has 1 heterocycles. The van der Waals surface area contributed by atoms with E-state index in [2.05, 4.69) is 12.2 Å². The summed E-state index contributed by atoms with van der Waals surface area (Å²) >= 11 is 0. The van der Waals surface area contributed by atoms with E-state index in [1.807, 2.05) is 24.3 Å². The van der Waals surface area contributed by atoms with Crippen molar-refractivity contribution < 1.29 is 9.84 Å². The van der Waals surface area contributed by atoms with E-state index in [9.17, 15) is 5.11 Å². The first kappa shape index (κ1) is 12.4. The van der Waals surface area contributed by atoms with Gasteiger partial charge in [0.1, 0.15) is 5.75 Å². The molecule has 1 fully saturated rings. The van der Waals surface area contributed by atoms with Crippen molar-refractivity contribution in [2.24, 2.45) is 5.92 Å². The zero-order valence-electron chi connectivity index (χ0n) is 10.5. The van der Waals surface area contributed by atoms with E-state index in [4.69, 9.17) is 4.74 Å². The number of aliphatic hydroxyl groups is 1. The average Bonchev–Trinajstić information content (AvgIpc) is 2.91. The van der Waals surface area contributed by atoms with E-state index < -0.39 is 6.10 Å².